The van der Waals surface area contributed by atoms with Gasteiger partial charge in [0.2, 0.25) is 0 Å². The number of amides is 1. The van der Waals surface area contributed by atoms with Crippen LogP contribution in [0.1, 0.15) is 38.7 Å². The monoisotopic (exact) mass is 341 g/mol. The predicted octanol–water partition coefficient (Wildman–Crippen LogP) is 3.13. The van der Waals surface area contributed by atoms with Gasteiger partial charge in [-0.05, 0) is 56.4 Å². The number of hydrogen-bond acceptors (Lipinski definition) is 4. The highest BCUT2D eigenvalue weighted by Gasteiger charge is 2.15. The number of nitriles is 1. The Kier molecular flexibility index (Phi) is 7.49. The third kappa shape index (κ3) is 5.33. The van der Waals surface area contributed by atoms with E-state index in [-0.39, 0.29) is 11.5 Å². The molecule has 0 unspecified atom stereocenters. The first-order valence-electron chi connectivity index (χ1n) is 8.99. The predicted molar refractivity (Wildman–Crippen MR) is 100 cm³/mol. The lowest BCUT2D eigenvalue weighted by atomic mass is 10.0. The molecule has 1 aromatic rings. The molecule has 5 heteroatoms. The molecule has 0 radical (unpaired) electrons. The highest BCUT2D eigenvalue weighted by molar-refractivity contribution is 6.04. The first-order chi connectivity index (χ1) is 12.2. The summed E-state index contributed by atoms with van der Waals surface area (Å²) < 4.78 is 5.19. The van der Waals surface area contributed by atoms with Gasteiger partial charge in [-0.15, -0.1) is 0 Å². The van der Waals surface area contributed by atoms with Crippen molar-refractivity contribution in [2.75, 3.05) is 37.7 Å². The Morgan fingerprint density at radius 3 is 2.52 bits per heavy atom. The lowest BCUT2D eigenvalue weighted by molar-refractivity contribution is -0.117. The Bertz CT molecular complexity index is 638. The van der Waals surface area contributed by atoms with Crippen molar-refractivity contribution >= 4 is 17.2 Å². The zero-order valence-corrected chi connectivity index (χ0v) is 15.2. The first kappa shape index (κ1) is 19.0. The Hall–Kier alpha value is -2.32. The van der Waals surface area contributed by atoms with Crippen LogP contribution in [0, 0.1) is 11.3 Å². The lowest BCUT2D eigenvalue weighted by Gasteiger charge is -2.28. The molecule has 0 atom stereocenters. The largest absolute Gasteiger partial charge is 0.380 e. The van der Waals surface area contributed by atoms with E-state index in [0.717, 1.165) is 18.7 Å². The van der Waals surface area contributed by atoms with Crippen LogP contribution in [0.2, 0.25) is 0 Å². The van der Waals surface area contributed by atoms with Crippen molar-refractivity contribution in [3.05, 3.63) is 35.4 Å². The molecule has 5 nitrogen and oxygen atoms in total. The summed E-state index contributed by atoms with van der Waals surface area (Å²) in [6.07, 6.45) is 3.78. The third-order valence-electron chi connectivity index (χ3n) is 4.47. The molecule has 1 aliphatic rings. The van der Waals surface area contributed by atoms with E-state index >= 15 is 0 Å². The zero-order chi connectivity index (χ0) is 18.1. The van der Waals surface area contributed by atoms with E-state index in [2.05, 4.69) is 22.3 Å². The van der Waals surface area contributed by atoms with Gasteiger partial charge in [0.1, 0.15) is 11.6 Å². The number of nitrogens with one attached hydrogen (secondary N) is 1. The molecule has 0 aliphatic carbocycles. The summed E-state index contributed by atoms with van der Waals surface area (Å²) in [7, 11) is 0. The van der Waals surface area contributed by atoms with E-state index in [1.54, 1.807) is 0 Å². The average molecular weight is 341 g/mol. The van der Waals surface area contributed by atoms with E-state index < -0.39 is 0 Å². The number of carbonyl (C=O) groups is 1. The molecule has 1 aromatic carbocycles. The van der Waals surface area contributed by atoms with E-state index in [1.807, 2.05) is 32.0 Å². The van der Waals surface area contributed by atoms with Gasteiger partial charge in [-0.3, -0.25) is 4.79 Å². The van der Waals surface area contributed by atoms with Crippen molar-refractivity contribution in [1.82, 2.24) is 5.32 Å². The standard InChI is InChI=1S/C20H27N3O2/c1-3-25-14-11-22-20(24)19(15-21)16(2)17-7-9-18(10-8-17)23-12-5-4-6-13-23/h7-10H,3-6,11-14H2,1-2H3,(H,22,24)/b19-16+. The second-order valence-corrected chi connectivity index (χ2v) is 6.16. The fourth-order valence-corrected chi connectivity index (χ4v) is 2.99. The van der Waals surface area contributed by atoms with Crippen molar-refractivity contribution in [3.8, 4) is 6.07 Å². The average Bonchev–Trinajstić information content (AvgIpc) is 2.66. The maximum Gasteiger partial charge on any atom is 0.262 e. The molecular weight excluding hydrogens is 314 g/mol. The molecule has 0 spiro atoms. The van der Waals surface area contributed by atoms with Crippen molar-refractivity contribution in [2.24, 2.45) is 0 Å². The molecule has 0 bridgehead atoms. The molecule has 1 aliphatic heterocycles. The van der Waals surface area contributed by atoms with E-state index in [4.69, 9.17) is 4.74 Å². The van der Waals surface area contributed by atoms with Gasteiger partial charge in [0.25, 0.3) is 5.91 Å². The Balaban J connectivity index is 2.07. The summed E-state index contributed by atoms with van der Waals surface area (Å²) in [4.78, 5) is 14.6. The molecule has 1 N–H and O–H groups in total. The topological polar surface area (TPSA) is 65.4 Å². The van der Waals surface area contributed by atoms with Gasteiger partial charge in [-0.2, -0.15) is 5.26 Å². The van der Waals surface area contributed by atoms with Crippen molar-refractivity contribution in [2.45, 2.75) is 33.1 Å². The van der Waals surface area contributed by atoms with Gasteiger partial charge < -0.3 is 15.0 Å². The SMILES string of the molecule is CCOCCNC(=O)/C(C#N)=C(\C)c1ccc(N2CCCCC2)cc1. The fraction of sp³-hybridized carbons (Fsp3) is 0.500. The van der Waals surface area contributed by atoms with E-state index in [0.29, 0.717) is 25.3 Å². The summed E-state index contributed by atoms with van der Waals surface area (Å²) >= 11 is 0. The molecule has 134 valence electrons. The number of nitrogens with zero attached hydrogens (tertiary/aromatic N) is 2. The normalized spacial score (nSPS) is 15.3. The molecule has 1 saturated heterocycles. The summed E-state index contributed by atoms with van der Waals surface area (Å²) in [6.45, 7) is 7.37. The smallest absolute Gasteiger partial charge is 0.262 e. The van der Waals surface area contributed by atoms with Gasteiger partial charge in [0, 0.05) is 31.9 Å². The highest BCUT2D eigenvalue weighted by Crippen LogP contribution is 2.24. The quantitative estimate of drug-likeness (QED) is 0.470. The second-order valence-electron chi connectivity index (χ2n) is 6.16. The maximum absolute atomic E-state index is 12.2. The lowest BCUT2D eigenvalue weighted by Crippen LogP contribution is -2.29. The van der Waals surface area contributed by atoms with Crippen molar-refractivity contribution in [3.63, 3.8) is 0 Å². The van der Waals surface area contributed by atoms with Crippen LogP contribution >= 0.6 is 0 Å². The van der Waals surface area contributed by atoms with Crippen LogP contribution in [-0.4, -0.2) is 38.8 Å². The summed E-state index contributed by atoms with van der Waals surface area (Å²) in [5.41, 5.74) is 2.96. The number of piperidine rings is 1. The molecule has 0 saturated carbocycles. The Morgan fingerprint density at radius 2 is 1.92 bits per heavy atom. The minimum absolute atomic E-state index is 0.155. The molecule has 1 heterocycles. The second kappa shape index (κ2) is 9.85. The molecule has 2 rings (SSSR count). The fourth-order valence-electron chi connectivity index (χ4n) is 2.99. The van der Waals surface area contributed by atoms with Gasteiger partial charge in [-0.25, -0.2) is 0 Å². The van der Waals surface area contributed by atoms with Crippen LogP contribution in [0.3, 0.4) is 0 Å². The van der Waals surface area contributed by atoms with Crippen molar-refractivity contribution < 1.29 is 9.53 Å². The molecule has 0 aromatic heterocycles. The minimum atomic E-state index is -0.347. The zero-order valence-electron chi connectivity index (χ0n) is 15.2. The van der Waals surface area contributed by atoms with Crippen LogP contribution in [0.5, 0.6) is 0 Å². The Morgan fingerprint density at radius 1 is 1.24 bits per heavy atom. The van der Waals surface area contributed by atoms with Crippen LogP contribution < -0.4 is 10.2 Å². The number of anilines is 1. The highest BCUT2D eigenvalue weighted by atomic mass is 16.5. The Labute approximate surface area is 150 Å². The van der Waals surface area contributed by atoms with Gasteiger partial charge in [0.05, 0.1) is 6.61 Å². The maximum atomic E-state index is 12.2. The number of hydrogen-bond donors (Lipinski definition) is 1. The van der Waals surface area contributed by atoms with Gasteiger partial charge >= 0.3 is 0 Å². The van der Waals surface area contributed by atoms with Gasteiger partial charge in [0.15, 0.2) is 0 Å². The van der Waals surface area contributed by atoms with Crippen LogP contribution in [-0.2, 0) is 9.53 Å². The number of ether oxygens (including phenoxy) is 1. The van der Waals surface area contributed by atoms with E-state index in [1.165, 1.54) is 24.9 Å². The van der Waals surface area contributed by atoms with Crippen LogP contribution in [0.25, 0.3) is 5.57 Å². The first-order valence-corrected chi connectivity index (χ1v) is 8.99. The summed E-state index contributed by atoms with van der Waals surface area (Å²) in [5, 5.41) is 12.1. The number of carbonyl (C=O) groups excluding carboxylic acids is 1. The summed E-state index contributed by atoms with van der Waals surface area (Å²) in [6, 6.07) is 10.2. The molecule has 1 fully saturated rings. The summed E-state index contributed by atoms with van der Waals surface area (Å²) in [5.74, 6) is -0.347. The molecular formula is C20H27N3O2. The van der Waals surface area contributed by atoms with Crippen LogP contribution in [0.15, 0.2) is 29.8 Å². The molecule has 1 amide bonds. The molecule has 25 heavy (non-hydrogen) atoms. The van der Waals surface area contributed by atoms with Crippen molar-refractivity contribution in [1.29, 1.82) is 5.26 Å². The van der Waals surface area contributed by atoms with E-state index in [9.17, 15) is 10.1 Å². The number of rotatable bonds is 7. The third-order valence-corrected chi connectivity index (χ3v) is 4.47. The van der Waals surface area contributed by atoms with Crippen LogP contribution in [0.4, 0.5) is 5.69 Å². The minimum Gasteiger partial charge on any atom is -0.380 e. The number of benzene rings is 1. The number of allylic oxidation sites excluding steroid dienone is 1. The van der Waals surface area contributed by atoms with Gasteiger partial charge in [-0.1, -0.05) is 12.1 Å².